The summed E-state index contributed by atoms with van der Waals surface area (Å²) in [6.45, 7) is 11.3. The average Bonchev–Trinajstić information content (AvgIpc) is 3.09. The quantitative estimate of drug-likeness (QED) is 0.170. The number of benzene rings is 3. The van der Waals surface area contributed by atoms with Crippen LogP contribution in [-0.4, -0.2) is 37.2 Å². The number of nitrogen functional groups attached to an aromatic ring is 1. The smallest absolute Gasteiger partial charge is 0.306 e. The number of esters is 1. The average molecular weight is 533 g/mol. The van der Waals surface area contributed by atoms with Crippen molar-refractivity contribution >= 4 is 17.3 Å². The zero-order valence-corrected chi connectivity index (χ0v) is 24.1. The molecule has 3 aromatic carbocycles. The summed E-state index contributed by atoms with van der Waals surface area (Å²) in [4.78, 5) is 14.1. The highest BCUT2D eigenvalue weighted by Gasteiger charge is 2.22. The first-order valence-electron chi connectivity index (χ1n) is 13.8. The number of carbonyl (C=O) groups is 1. The molecule has 39 heavy (non-hydrogen) atoms. The Bertz CT molecular complexity index is 1230. The summed E-state index contributed by atoms with van der Waals surface area (Å²) in [7, 11) is 1.77. The third-order valence-corrected chi connectivity index (χ3v) is 6.99. The molecule has 1 aliphatic rings. The first kappa shape index (κ1) is 30.0. The molecular formula is C32H44N4O3. The molecule has 3 aromatic rings. The molecule has 1 aliphatic heterocycles. The van der Waals surface area contributed by atoms with Crippen LogP contribution in [0.2, 0.25) is 0 Å². The van der Waals surface area contributed by atoms with E-state index in [0.29, 0.717) is 13.0 Å². The molecule has 0 aromatic heterocycles. The van der Waals surface area contributed by atoms with Crippen LogP contribution in [0.5, 0.6) is 5.75 Å². The zero-order chi connectivity index (χ0) is 28.4. The van der Waals surface area contributed by atoms with Crippen LogP contribution in [0.25, 0.3) is 0 Å². The van der Waals surface area contributed by atoms with Crippen LogP contribution in [0, 0.1) is 13.8 Å². The van der Waals surface area contributed by atoms with E-state index in [1.807, 2.05) is 38.1 Å². The number of rotatable bonds is 8. The Morgan fingerprint density at radius 1 is 1.08 bits per heavy atom. The monoisotopic (exact) mass is 532 g/mol. The van der Waals surface area contributed by atoms with E-state index in [4.69, 9.17) is 21.1 Å². The van der Waals surface area contributed by atoms with Crippen molar-refractivity contribution in [2.45, 2.75) is 66.2 Å². The molecule has 210 valence electrons. The maximum Gasteiger partial charge on any atom is 0.306 e. The molecule has 4 N–H and O–H groups in total. The number of hydrazine groups is 1. The van der Waals surface area contributed by atoms with Gasteiger partial charge < -0.3 is 20.2 Å². The number of para-hydroxylation sites is 2. The van der Waals surface area contributed by atoms with Gasteiger partial charge in [0, 0.05) is 38.7 Å². The molecule has 7 nitrogen and oxygen atoms in total. The Morgan fingerprint density at radius 2 is 1.85 bits per heavy atom. The highest BCUT2D eigenvalue weighted by molar-refractivity contribution is 5.70. The SMILES string of the molecule is CCOC(=O)CCc1ccc(C)c(CN2Cc3ccccc3OC(CC)C2)c1.Cc1cccc(N(C)N)c1N. The van der Waals surface area contributed by atoms with Crippen molar-refractivity contribution in [3.05, 3.63) is 88.5 Å². The van der Waals surface area contributed by atoms with Gasteiger partial charge in [0.2, 0.25) is 0 Å². The van der Waals surface area contributed by atoms with Crippen LogP contribution in [0.15, 0.2) is 60.7 Å². The molecule has 0 saturated carbocycles. The molecule has 0 aliphatic carbocycles. The molecule has 7 heteroatoms. The van der Waals surface area contributed by atoms with Gasteiger partial charge in [-0.05, 0) is 68.0 Å². The molecule has 0 saturated heterocycles. The maximum absolute atomic E-state index is 11.7. The molecule has 0 fully saturated rings. The minimum Gasteiger partial charge on any atom is -0.489 e. The lowest BCUT2D eigenvalue weighted by atomic mass is 10.0. The van der Waals surface area contributed by atoms with Gasteiger partial charge in [-0.3, -0.25) is 9.69 Å². The molecule has 1 atom stereocenters. The zero-order valence-electron chi connectivity index (χ0n) is 24.1. The summed E-state index contributed by atoms with van der Waals surface area (Å²) in [5.74, 6) is 6.42. The Hall–Kier alpha value is -3.55. The molecule has 0 radical (unpaired) electrons. The molecule has 0 bridgehead atoms. The lowest BCUT2D eigenvalue weighted by molar-refractivity contribution is -0.143. The van der Waals surface area contributed by atoms with Crippen molar-refractivity contribution in [2.24, 2.45) is 5.84 Å². The Balaban J connectivity index is 0.000000320. The highest BCUT2D eigenvalue weighted by Crippen LogP contribution is 2.27. The summed E-state index contributed by atoms with van der Waals surface area (Å²) in [6.07, 6.45) is 2.34. The number of nitrogens with two attached hydrogens (primary N) is 2. The summed E-state index contributed by atoms with van der Waals surface area (Å²) < 4.78 is 11.3. The van der Waals surface area contributed by atoms with Gasteiger partial charge in [-0.15, -0.1) is 0 Å². The van der Waals surface area contributed by atoms with Gasteiger partial charge >= 0.3 is 5.97 Å². The largest absolute Gasteiger partial charge is 0.489 e. The van der Waals surface area contributed by atoms with Gasteiger partial charge in [0.25, 0.3) is 0 Å². The normalized spacial score (nSPS) is 14.8. The minimum atomic E-state index is -0.128. The van der Waals surface area contributed by atoms with Crippen LogP contribution in [0.4, 0.5) is 11.4 Å². The maximum atomic E-state index is 11.7. The number of hydrogen-bond donors (Lipinski definition) is 2. The van der Waals surface area contributed by atoms with Crippen molar-refractivity contribution in [3.8, 4) is 5.75 Å². The third kappa shape index (κ3) is 8.73. The number of fused-ring (bicyclic) bond motifs is 1. The van der Waals surface area contributed by atoms with Crippen LogP contribution in [0.3, 0.4) is 0 Å². The third-order valence-electron chi connectivity index (χ3n) is 6.99. The van der Waals surface area contributed by atoms with E-state index in [2.05, 4.69) is 55.1 Å². The molecule has 0 amide bonds. The molecule has 1 unspecified atom stereocenters. The fourth-order valence-corrected chi connectivity index (χ4v) is 4.64. The van der Waals surface area contributed by atoms with Crippen molar-refractivity contribution in [3.63, 3.8) is 0 Å². The summed E-state index contributed by atoms with van der Waals surface area (Å²) in [5, 5.41) is 1.52. The summed E-state index contributed by atoms with van der Waals surface area (Å²) in [6, 6.07) is 20.7. The van der Waals surface area contributed by atoms with Crippen molar-refractivity contribution in [2.75, 3.05) is 30.9 Å². The lowest BCUT2D eigenvalue weighted by Gasteiger charge is -2.24. The summed E-state index contributed by atoms with van der Waals surface area (Å²) in [5.41, 5.74) is 13.5. The van der Waals surface area contributed by atoms with E-state index >= 15 is 0 Å². The predicted molar refractivity (Wildman–Crippen MR) is 160 cm³/mol. The van der Waals surface area contributed by atoms with E-state index in [1.54, 1.807) is 7.05 Å². The molecule has 0 spiro atoms. The number of nitrogens with zero attached hydrogens (tertiary/aromatic N) is 2. The number of anilines is 2. The molecular weight excluding hydrogens is 488 g/mol. The van der Waals surface area contributed by atoms with E-state index in [1.165, 1.54) is 27.3 Å². The second-order valence-corrected chi connectivity index (χ2v) is 10.1. The van der Waals surface area contributed by atoms with Crippen molar-refractivity contribution in [1.29, 1.82) is 0 Å². The standard InChI is InChI=1S/C24H31NO3.C8H13N3/c1-4-22-17-25(15-20-8-6-7-9-23(20)28-22)16-21-14-19(11-10-18(21)3)12-13-24(26)27-5-2;1-6-4-3-5-7(8(6)9)11(2)10/h6-11,14,22H,4-5,12-13,15-17H2,1-3H3;3-5H,9-10H2,1-2H3. The van der Waals surface area contributed by atoms with E-state index in [9.17, 15) is 4.79 Å². The van der Waals surface area contributed by atoms with E-state index < -0.39 is 0 Å². The van der Waals surface area contributed by atoms with Gasteiger partial charge in [-0.25, -0.2) is 5.84 Å². The Morgan fingerprint density at radius 3 is 2.54 bits per heavy atom. The second kappa shape index (κ2) is 14.6. The van der Waals surface area contributed by atoms with Gasteiger partial charge in [0.15, 0.2) is 0 Å². The first-order valence-corrected chi connectivity index (χ1v) is 13.8. The minimum absolute atomic E-state index is 0.128. The fourth-order valence-electron chi connectivity index (χ4n) is 4.64. The second-order valence-electron chi connectivity index (χ2n) is 10.1. The highest BCUT2D eigenvalue weighted by atomic mass is 16.5. The van der Waals surface area contributed by atoms with Gasteiger partial charge in [-0.1, -0.05) is 55.5 Å². The van der Waals surface area contributed by atoms with Gasteiger partial charge in [0.05, 0.1) is 18.0 Å². The number of aryl methyl sites for hydroxylation is 3. The fraction of sp³-hybridized carbons (Fsp3) is 0.406. The van der Waals surface area contributed by atoms with Crippen molar-refractivity contribution in [1.82, 2.24) is 4.90 Å². The van der Waals surface area contributed by atoms with Crippen LogP contribution in [0.1, 0.15) is 54.5 Å². The first-order chi connectivity index (χ1) is 18.7. The van der Waals surface area contributed by atoms with Gasteiger partial charge in [0.1, 0.15) is 11.9 Å². The number of ether oxygens (including phenoxy) is 2. The predicted octanol–water partition coefficient (Wildman–Crippen LogP) is 5.55. The number of carbonyl (C=O) groups excluding carboxylic acids is 1. The van der Waals surface area contributed by atoms with Crippen LogP contribution < -0.4 is 21.3 Å². The van der Waals surface area contributed by atoms with E-state index in [0.717, 1.165) is 55.2 Å². The summed E-state index contributed by atoms with van der Waals surface area (Å²) >= 11 is 0. The van der Waals surface area contributed by atoms with Crippen molar-refractivity contribution < 1.29 is 14.3 Å². The molecule has 1 heterocycles. The van der Waals surface area contributed by atoms with E-state index in [-0.39, 0.29) is 12.1 Å². The topological polar surface area (TPSA) is 94.0 Å². The number of hydrogen-bond acceptors (Lipinski definition) is 7. The lowest BCUT2D eigenvalue weighted by Crippen LogP contribution is -2.32. The molecule has 4 rings (SSSR count). The Kier molecular flexibility index (Phi) is 11.2. The van der Waals surface area contributed by atoms with Crippen LogP contribution in [-0.2, 0) is 29.0 Å². The van der Waals surface area contributed by atoms with Gasteiger partial charge in [-0.2, -0.15) is 0 Å². The van der Waals surface area contributed by atoms with Crippen LogP contribution >= 0.6 is 0 Å². The Labute approximate surface area is 233 Å².